The third-order valence-corrected chi connectivity index (χ3v) is 5.79. The lowest BCUT2D eigenvalue weighted by Gasteiger charge is -2.43. The van der Waals surface area contributed by atoms with Gasteiger partial charge in [-0.25, -0.2) is 0 Å². The molecule has 0 heterocycles. The highest BCUT2D eigenvalue weighted by atomic mass is 16.5. The fraction of sp³-hybridized carbons (Fsp3) is 0.458. The monoisotopic (exact) mass is 402 g/mol. The molecule has 6 nitrogen and oxygen atoms in total. The lowest BCUT2D eigenvalue weighted by atomic mass is 9.57. The zero-order valence-electron chi connectivity index (χ0n) is 17.6. The van der Waals surface area contributed by atoms with Crippen molar-refractivity contribution in [1.29, 1.82) is 15.8 Å². The Bertz CT molecular complexity index is 1000. The van der Waals surface area contributed by atoms with Gasteiger partial charge < -0.3 is 15.2 Å². The van der Waals surface area contributed by atoms with Crippen molar-refractivity contribution in [1.82, 2.24) is 0 Å². The molecule has 0 saturated heterocycles. The molecule has 0 spiro atoms. The van der Waals surface area contributed by atoms with E-state index in [-0.39, 0.29) is 23.3 Å². The van der Waals surface area contributed by atoms with Crippen molar-refractivity contribution in [2.45, 2.75) is 52.1 Å². The van der Waals surface area contributed by atoms with Crippen molar-refractivity contribution in [2.24, 2.45) is 17.1 Å². The fourth-order valence-electron chi connectivity index (χ4n) is 4.59. The summed E-state index contributed by atoms with van der Waals surface area (Å²) in [6, 6.07) is 12.0. The summed E-state index contributed by atoms with van der Waals surface area (Å²) < 4.78 is 11.7. The maximum Gasteiger partial charge on any atom is 0.191 e. The molecule has 0 amide bonds. The molecule has 0 bridgehead atoms. The number of hydrogen-bond acceptors (Lipinski definition) is 6. The molecule has 1 aromatic carbocycles. The topological polar surface area (TPSA) is 116 Å². The van der Waals surface area contributed by atoms with E-state index in [0.717, 1.165) is 30.4 Å². The Morgan fingerprint density at radius 3 is 2.53 bits per heavy atom. The fourth-order valence-corrected chi connectivity index (χ4v) is 4.59. The van der Waals surface area contributed by atoms with Gasteiger partial charge in [0.15, 0.2) is 16.9 Å². The third kappa shape index (κ3) is 3.38. The van der Waals surface area contributed by atoms with Gasteiger partial charge in [0, 0.05) is 5.92 Å². The van der Waals surface area contributed by atoms with Crippen LogP contribution in [0.4, 0.5) is 0 Å². The van der Waals surface area contributed by atoms with E-state index in [1.165, 1.54) is 0 Å². The highest BCUT2D eigenvalue weighted by Gasteiger charge is 2.53. The van der Waals surface area contributed by atoms with Gasteiger partial charge in [-0.15, -0.1) is 0 Å². The molecule has 2 N–H and O–H groups in total. The maximum absolute atomic E-state index is 10.1. The Morgan fingerprint density at radius 2 is 1.93 bits per heavy atom. The molecule has 2 atom stereocenters. The van der Waals surface area contributed by atoms with E-state index < -0.39 is 11.3 Å². The molecule has 6 heteroatoms. The van der Waals surface area contributed by atoms with Gasteiger partial charge in [0.2, 0.25) is 0 Å². The summed E-state index contributed by atoms with van der Waals surface area (Å²) >= 11 is 0. The number of nitrogens with zero attached hydrogens (tertiary/aromatic N) is 3. The molecule has 0 fully saturated rings. The number of hydrogen-bond donors (Lipinski definition) is 1. The zero-order chi connectivity index (χ0) is 21.9. The number of allylic oxidation sites excluding steroid dienone is 4. The molecule has 0 aliphatic heterocycles. The average Bonchev–Trinajstić information content (AvgIpc) is 2.74. The predicted octanol–water partition coefficient (Wildman–Crippen LogP) is 4.47. The molecule has 154 valence electrons. The van der Waals surface area contributed by atoms with Crippen LogP contribution in [-0.4, -0.2) is 12.7 Å². The second kappa shape index (κ2) is 8.52. The van der Waals surface area contributed by atoms with Crippen molar-refractivity contribution in [2.75, 3.05) is 6.61 Å². The van der Waals surface area contributed by atoms with Gasteiger partial charge in [0.25, 0.3) is 0 Å². The lowest BCUT2D eigenvalue weighted by Crippen LogP contribution is -2.42. The Morgan fingerprint density at radius 1 is 1.20 bits per heavy atom. The van der Waals surface area contributed by atoms with Gasteiger partial charge in [-0.3, -0.25) is 0 Å². The molecule has 2 aliphatic rings. The van der Waals surface area contributed by atoms with Crippen molar-refractivity contribution in [3.63, 3.8) is 0 Å². The first-order chi connectivity index (χ1) is 14.4. The Hall–Kier alpha value is -3.43. The molecular weight excluding hydrogens is 376 g/mol. The summed E-state index contributed by atoms with van der Waals surface area (Å²) in [7, 11) is 0. The Balaban J connectivity index is 2.24. The Labute approximate surface area is 177 Å². The van der Waals surface area contributed by atoms with E-state index in [9.17, 15) is 15.8 Å². The van der Waals surface area contributed by atoms with E-state index in [0.29, 0.717) is 18.1 Å². The van der Waals surface area contributed by atoms with E-state index in [2.05, 4.69) is 18.2 Å². The molecule has 2 aliphatic carbocycles. The van der Waals surface area contributed by atoms with Crippen LogP contribution >= 0.6 is 0 Å². The van der Waals surface area contributed by atoms with Crippen LogP contribution < -0.4 is 15.2 Å². The molecular formula is C24H26N4O2. The van der Waals surface area contributed by atoms with Gasteiger partial charge in [0.1, 0.15) is 6.07 Å². The van der Waals surface area contributed by atoms with Gasteiger partial charge >= 0.3 is 0 Å². The first-order valence-electron chi connectivity index (χ1n) is 10.3. The van der Waals surface area contributed by atoms with Crippen LogP contribution in [-0.2, 0) is 0 Å². The molecule has 3 rings (SSSR count). The van der Waals surface area contributed by atoms with Gasteiger partial charge in [0.05, 0.1) is 36.1 Å². The van der Waals surface area contributed by atoms with Crippen LogP contribution in [0, 0.1) is 45.3 Å². The van der Waals surface area contributed by atoms with Crippen LogP contribution in [0.15, 0.2) is 41.1 Å². The summed E-state index contributed by atoms with van der Waals surface area (Å²) in [5.74, 6) is 0.560. The van der Waals surface area contributed by atoms with Crippen LogP contribution in [0.3, 0.4) is 0 Å². The largest absolute Gasteiger partial charge is 0.490 e. The van der Waals surface area contributed by atoms with Crippen molar-refractivity contribution < 1.29 is 9.47 Å². The number of nitrogens with two attached hydrogens (primary N) is 1. The second-order valence-electron chi connectivity index (χ2n) is 7.91. The second-order valence-corrected chi connectivity index (χ2v) is 7.91. The summed E-state index contributed by atoms with van der Waals surface area (Å²) in [4.78, 5) is 0. The summed E-state index contributed by atoms with van der Waals surface area (Å²) in [6.45, 7) is 6.23. The third-order valence-electron chi connectivity index (χ3n) is 5.79. The van der Waals surface area contributed by atoms with Crippen LogP contribution in [0.2, 0.25) is 0 Å². The van der Waals surface area contributed by atoms with E-state index in [4.69, 9.17) is 15.2 Å². The van der Waals surface area contributed by atoms with Crippen molar-refractivity contribution in [3.05, 3.63) is 46.7 Å². The summed E-state index contributed by atoms with van der Waals surface area (Å²) in [5, 5.41) is 30.0. The van der Waals surface area contributed by atoms with Crippen molar-refractivity contribution >= 4 is 0 Å². The predicted molar refractivity (Wildman–Crippen MR) is 112 cm³/mol. The van der Waals surface area contributed by atoms with Gasteiger partial charge in [-0.1, -0.05) is 12.1 Å². The van der Waals surface area contributed by atoms with E-state index in [1.54, 1.807) is 0 Å². The Kier molecular flexibility index (Phi) is 6.04. The van der Waals surface area contributed by atoms with E-state index >= 15 is 0 Å². The molecule has 0 radical (unpaired) electrons. The van der Waals surface area contributed by atoms with Gasteiger partial charge in [-0.2, -0.15) is 15.8 Å². The van der Waals surface area contributed by atoms with Crippen LogP contribution in [0.1, 0.15) is 51.5 Å². The minimum Gasteiger partial charge on any atom is -0.490 e. The smallest absolute Gasteiger partial charge is 0.191 e. The quantitative estimate of drug-likeness (QED) is 0.777. The van der Waals surface area contributed by atoms with E-state index in [1.807, 2.05) is 45.0 Å². The highest BCUT2D eigenvalue weighted by molar-refractivity contribution is 5.60. The maximum atomic E-state index is 10.1. The molecule has 0 unspecified atom stereocenters. The lowest BCUT2D eigenvalue weighted by molar-refractivity contribution is 0.223. The first kappa shape index (κ1) is 21.3. The minimum atomic E-state index is -1.62. The molecule has 30 heavy (non-hydrogen) atoms. The SMILES string of the molecule is CCOc1cc([C@@H]2[C@@H]3CCCC=C3C(C#N)=C(N)C2(C#N)C#N)ccc1OC(C)C. The molecule has 1 aromatic rings. The summed E-state index contributed by atoms with van der Waals surface area (Å²) in [6.07, 6.45) is 4.59. The first-order valence-corrected chi connectivity index (χ1v) is 10.3. The number of fused-ring (bicyclic) bond motifs is 1. The van der Waals surface area contributed by atoms with Crippen LogP contribution in [0.5, 0.6) is 11.5 Å². The van der Waals surface area contributed by atoms with Crippen molar-refractivity contribution in [3.8, 4) is 29.7 Å². The number of nitriles is 3. The normalized spacial score (nSPS) is 22.2. The number of benzene rings is 1. The highest BCUT2D eigenvalue weighted by Crippen LogP contribution is 2.56. The molecule has 0 saturated carbocycles. The average molecular weight is 402 g/mol. The minimum absolute atomic E-state index is 0.0216. The van der Waals surface area contributed by atoms with Crippen LogP contribution in [0.25, 0.3) is 0 Å². The summed E-state index contributed by atoms with van der Waals surface area (Å²) in [5.41, 5.74) is 6.69. The van der Waals surface area contributed by atoms with Gasteiger partial charge in [-0.05, 0) is 69.2 Å². The molecule has 0 aromatic heterocycles. The number of rotatable bonds is 5. The standard InChI is InChI=1S/C24H26N4O2/c1-4-29-21-11-16(9-10-20(21)30-15(2)3)22-18-8-6-5-7-17(18)19(12-25)23(28)24(22,13-26)14-27/h7,9-11,15,18,22H,4-6,8,28H2,1-3H3/t18-,22-/m1/s1. The zero-order valence-corrected chi connectivity index (χ0v) is 17.6. The number of ether oxygens (including phenoxy) is 2.